The quantitative estimate of drug-likeness (QED) is 0.538. The molecule has 0 radical (unpaired) electrons. The highest BCUT2D eigenvalue weighted by Gasteiger charge is 2.17. The van der Waals surface area contributed by atoms with Gasteiger partial charge in [0, 0.05) is 5.39 Å². The molecule has 22 heavy (non-hydrogen) atoms. The third kappa shape index (κ3) is 3.44. The molecule has 0 amide bonds. The minimum Gasteiger partial charge on any atom is -0.421 e. The van der Waals surface area contributed by atoms with Gasteiger partial charge in [-0.25, -0.2) is 15.1 Å². The summed E-state index contributed by atoms with van der Waals surface area (Å²) in [7, 11) is 0. The van der Waals surface area contributed by atoms with Crippen LogP contribution in [0.2, 0.25) is 0 Å². The van der Waals surface area contributed by atoms with Gasteiger partial charge in [0.15, 0.2) is 5.69 Å². The fourth-order valence-electron chi connectivity index (χ4n) is 2.05. The Kier molecular flexibility index (Phi) is 5.13. The normalized spacial score (nSPS) is 12.1. The first-order valence-corrected chi connectivity index (χ1v) is 6.99. The van der Waals surface area contributed by atoms with Gasteiger partial charge >= 0.3 is 11.6 Å². The van der Waals surface area contributed by atoms with Crippen molar-refractivity contribution in [3.8, 4) is 0 Å². The molecule has 0 aliphatic rings. The summed E-state index contributed by atoms with van der Waals surface area (Å²) in [5.74, 6) is -0.652. The van der Waals surface area contributed by atoms with E-state index in [4.69, 9.17) is 20.7 Å². The van der Waals surface area contributed by atoms with Crippen molar-refractivity contribution in [3.05, 3.63) is 40.2 Å². The average Bonchev–Trinajstić information content (AvgIpc) is 2.52. The maximum Gasteiger partial charge on any atom is 0.363 e. The smallest absolute Gasteiger partial charge is 0.363 e. The van der Waals surface area contributed by atoms with Crippen molar-refractivity contribution < 1.29 is 14.0 Å². The molecular weight excluding hydrogens is 286 g/mol. The van der Waals surface area contributed by atoms with Gasteiger partial charge in [0.25, 0.3) is 0 Å². The third-order valence-corrected chi connectivity index (χ3v) is 3.35. The molecule has 5 N–H and O–H groups in total. The number of aryl methyl sites for hydroxylation is 1. The van der Waals surface area contributed by atoms with E-state index in [0.29, 0.717) is 30.5 Å². The lowest BCUT2D eigenvalue weighted by atomic mass is 10.1. The van der Waals surface area contributed by atoms with Crippen molar-refractivity contribution in [2.75, 3.05) is 12.0 Å². The summed E-state index contributed by atoms with van der Waals surface area (Å²) in [6.45, 7) is 2.19. The molecule has 2 rings (SSSR count). The lowest BCUT2D eigenvalue weighted by Crippen LogP contribution is -2.34. The van der Waals surface area contributed by atoms with E-state index in [2.05, 4.69) is 5.48 Å². The van der Waals surface area contributed by atoms with E-state index in [1.54, 1.807) is 19.1 Å². The predicted molar refractivity (Wildman–Crippen MR) is 83.2 cm³/mol. The van der Waals surface area contributed by atoms with Crippen LogP contribution in [0.1, 0.15) is 18.4 Å². The number of para-hydroxylation sites is 1. The highest BCUT2D eigenvalue weighted by molar-refractivity contribution is 5.84. The number of hydrogen-bond donors (Lipinski definition) is 3. The van der Waals surface area contributed by atoms with Crippen molar-refractivity contribution in [1.82, 2.24) is 0 Å². The van der Waals surface area contributed by atoms with Gasteiger partial charge in [0.05, 0.1) is 0 Å². The molecule has 0 bridgehead atoms. The molecule has 1 aromatic heterocycles. The lowest BCUT2D eigenvalue weighted by Gasteiger charge is -2.13. The van der Waals surface area contributed by atoms with E-state index in [-0.39, 0.29) is 5.69 Å². The number of carbonyl (C=O) groups is 1. The Morgan fingerprint density at radius 1 is 1.41 bits per heavy atom. The van der Waals surface area contributed by atoms with Gasteiger partial charge in [-0.3, -0.25) is 0 Å². The summed E-state index contributed by atoms with van der Waals surface area (Å²) in [5, 5.41) is 0.757. The second kappa shape index (κ2) is 7.06. The second-order valence-electron chi connectivity index (χ2n) is 4.95. The molecule has 0 saturated carbocycles. The number of nitrogens with one attached hydrogen (secondary N) is 1. The summed E-state index contributed by atoms with van der Waals surface area (Å²) in [6, 6.07) is 6.32. The third-order valence-electron chi connectivity index (χ3n) is 3.35. The first kappa shape index (κ1) is 16.0. The lowest BCUT2D eigenvalue weighted by molar-refractivity contribution is -0.142. The summed E-state index contributed by atoms with van der Waals surface area (Å²) >= 11 is 0. The van der Waals surface area contributed by atoms with Crippen molar-refractivity contribution >= 4 is 22.6 Å². The molecule has 7 nitrogen and oxygen atoms in total. The van der Waals surface area contributed by atoms with Crippen molar-refractivity contribution in [2.24, 2.45) is 11.5 Å². The summed E-state index contributed by atoms with van der Waals surface area (Å²) < 4.78 is 5.17. The molecular formula is C15H19N3O4. The zero-order valence-corrected chi connectivity index (χ0v) is 12.3. The highest BCUT2D eigenvalue weighted by Crippen LogP contribution is 2.21. The first-order chi connectivity index (χ1) is 10.5. The Morgan fingerprint density at radius 3 is 2.86 bits per heavy atom. The van der Waals surface area contributed by atoms with Crippen LogP contribution in [-0.4, -0.2) is 18.6 Å². The number of anilines is 1. The molecule has 0 unspecified atom stereocenters. The van der Waals surface area contributed by atoms with Crippen LogP contribution in [-0.2, 0) is 9.63 Å². The minimum atomic E-state index is -0.788. The molecule has 0 spiro atoms. The van der Waals surface area contributed by atoms with Gasteiger partial charge in [-0.1, -0.05) is 18.2 Å². The van der Waals surface area contributed by atoms with Crippen molar-refractivity contribution in [2.45, 2.75) is 25.8 Å². The Hall–Kier alpha value is -2.38. The van der Waals surface area contributed by atoms with Crippen LogP contribution in [0.5, 0.6) is 0 Å². The summed E-state index contributed by atoms with van der Waals surface area (Å²) in [5.41, 5.74) is 14.0. The van der Waals surface area contributed by atoms with Crippen molar-refractivity contribution in [3.63, 3.8) is 0 Å². The van der Waals surface area contributed by atoms with E-state index in [1.807, 2.05) is 12.1 Å². The van der Waals surface area contributed by atoms with Crippen LogP contribution in [0, 0.1) is 6.92 Å². The van der Waals surface area contributed by atoms with Crippen molar-refractivity contribution in [1.29, 1.82) is 0 Å². The number of hydrogen-bond acceptors (Lipinski definition) is 7. The van der Waals surface area contributed by atoms with Crippen LogP contribution in [0.15, 0.2) is 33.5 Å². The Balaban J connectivity index is 2.15. The molecule has 1 heterocycles. The Bertz CT molecular complexity index is 726. The fourth-order valence-corrected chi connectivity index (χ4v) is 2.05. The number of nitrogens with two attached hydrogens (primary N) is 2. The van der Waals surface area contributed by atoms with E-state index in [9.17, 15) is 9.59 Å². The van der Waals surface area contributed by atoms with Crippen LogP contribution in [0.3, 0.4) is 0 Å². The molecule has 0 saturated heterocycles. The molecule has 7 heteroatoms. The minimum absolute atomic E-state index is 0.0816. The largest absolute Gasteiger partial charge is 0.421 e. The van der Waals surface area contributed by atoms with Crippen LogP contribution < -0.4 is 22.6 Å². The van der Waals surface area contributed by atoms with Gasteiger partial charge < -0.3 is 20.7 Å². The zero-order valence-electron chi connectivity index (χ0n) is 12.3. The standard InChI is InChI=1S/C15H19N3O4/c1-9-10-5-2-3-7-12(10)21-15(20)13(9)18-22-14(19)11(17)6-4-8-16/h2-3,5,7,11,18H,4,6,8,16-17H2,1H3/t11-/m0/s1. The Morgan fingerprint density at radius 2 is 2.14 bits per heavy atom. The molecule has 1 aromatic carbocycles. The Labute approximate surface area is 127 Å². The molecule has 2 aromatic rings. The maximum absolute atomic E-state index is 11.9. The van der Waals surface area contributed by atoms with Gasteiger partial charge in [0.2, 0.25) is 0 Å². The van der Waals surface area contributed by atoms with Gasteiger partial charge in [-0.2, -0.15) is 0 Å². The number of fused-ring (bicyclic) bond motifs is 1. The monoisotopic (exact) mass is 305 g/mol. The average molecular weight is 305 g/mol. The second-order valence-corrected chi connectivity index (χ2v) is 4.95. The number of carbonyl (C=O) groups excluding carboxylic acids is 1. The van der Waals surface area contributed by atoms with Gasteiger partial charge in [0.1, 0.15) is 11.6 Å². The van der Waals surface area contributed by atoms with Crippen LogP contribution in [0.4, 0.5) is 5.69 Å². The van der Waals surface area contributed by atoms with E-state index >= 15 is 0 Å². The number of benzene rings is 1. The SMILES string of the molecule is Cc1c(NOC(=O)[C@@H](N)CCCN)c(=O)oc2ccccc12. The van der Waals surface area contributed by atoms with E-state index in [0.717, 1.165) is 5.39 Å². The maximum atomic E-state index is 11.9. The van der Waals surface area contributed by atoms with Gasteiger partial charge in [-0.05, 0) is 37.9 Å². The number of rotatable bonds is 6. The van der Waals surface area contributed by atoms with Crippen LogP contribution >= 0.6 is 0 Å². The molecule has 0 aliphatic heterocycles. The molecule has 1 atom stereocenters. The molecule has 0 aliphatic carbocycles. The topological polar surface area (TPSA) is 121 Å². The summed E-state index contributed by atoms with van der Waals surface area (Å²) in [4.78, 5) is 28.5. The summed E-state index contributed by atoms with van der Waals surface area (Å²) in [6.07, 6.45) is 1.04. The van der Waals surface area contributed by atoms with E-state index < -0.39 is 17.6 Å². The molecule has 0 fully saturated rings. The van der Waals surface area contributed by atoms with E-state index in [1.165, 1.54) is 0 Å². The first-order valence-electron chi connectivity index (χ1n) is 6.99. The van der Waals surface area contributed by atoms with Gasteiger partial charge in [-0.15, -0.1) is 0 Å². The van der Waals surface area contributed by atoms with Crippen LogP contribution in [0.25, 0.3) is 11.0 Å². The highest BCUT2D eigenvalue weighted by atomic mass is 16.7. The predicted octanol–water partition coefficient (Wildman–Crippen LogP) is 1.04. The molecule has 118 valence electrons. The fraction of sp³-hybridized carbons (Fsp3) is 0.333. The zero-order chi connectivity index (χ0) is 16.1.